The molecule has 0 spiro atoms. The Morgan fingerprint density at radius 3 is 2.58 bits per heavy atom. The lowest BCUT2D eigenvalue weighted by Gasteiger charge is -2.16. The number of aliphatic hydroxyl groups is 1. The van der Waals surface area contributed by atoms with Crippen molar-refractivity contribution in [2.24, 2.45) is 0 Å². The molecule has 186 valence electrons. The van der Waals surface area contributed by atoms with Crippen LogP contribution in [0.1, 0.15) is 42.9 Å². The Labute approximate surface area is 215 Å². The highest BCUT2D eigenvalue weighted by Gasteiger charge is 2.40. The normalized spacial score (nSPS) is 23.8. The molecule has 3 heterocycles. The van der Waals surface area contributed by atoms with Gasteiger partial charge in [-0.25, -0.2) is 14.6 Å². The van der Waals surface area contributed by atoms with Gasteiger partial charge in [-0.1, -0.05) is 84.6 Å². The first-order chi connectivity index (χ1) is 17.7. The highest BCUT2D eigenvalue weighted by Crippen LogP contribution is 2.43. The number of β-amino-alcohol motifs (C(OH)–C–C–N with tert-alkyl or cyclic N) is 1. The molecular weight excluding hydrogens is 470 g/mol. The van der Waals surface area contributed by atoms with Crippen molar-refractivity contribution in [1.82, 2.24) is 29.9 Å². The molecule has 1 aliphatic carbocycles. The highest BCUT2D eigenvalue weighted by molar-refractivity contribution is 7.99. The Hall–Kier alpha value is -3.01. The van der Waals surface area contributed by atoms with Crippen molar-refractivity contribution in [3.63, 3.8) is 0 Å². The summed E-state index contributed by atoms with van der Waals surface area (Å²) in [5.74, 6) is 2.16. The Morgan fingerprint density at radius 2 is 1.81 bits per heavy atom. The van der Waals surface area contributed by atoms with Crippen molar-refractivity contribution in [3.8, 4) is 0 Å². The van der Waals surface area contributed by atoms with Crippen molar-refractivity contribution in [1.29, 1.82) is 0 Å². The highest BCUT2D eigenvalue weighted by atomic mass is 32.2. The fourth-order valence-corrected chi connectivity index (χ4v) is 5.74. The SMILES string of the molecule is CCCSc1nc(N[C@H]2C[C@H]2c2ccccc2)c2nnn([C@H]3CN(Cc4ccccc4)C[C@@H]3O)c2n1. The molecule has 9 heteroatoms. The minimum atomic E-state index is -0.539. The number of rotatable bonds is 9. The van der Waals surface area contributed by atoms with Gasteiger partial charge in [-0.3, -0.25) is 4.90 Å². The van der Waals surface area contributed by atoms with Gasteiger partial charge in [0.15, 0.2) is 22.1 Å². The number of hydrogen-bond donors (Lipinski definition) is 2. The average Bonchev–Trinajstić information content (AvgIpc) is 3.39. The minimum absolute atomic E-state index is 0.205. The van der Waals surface area contributed by atoms with Crippen LogP contribution in [-0.4, -0.2) is 66.0 Å². The molecule has 1 aliphatic heterocycles. The number of thioether (sulfide) groups is 1. The van der Waals surface area contributed by atoms with E-state index in [0.717, 1.165) is 36.1 Å². The first-order valence-corrected chi connectivity index (χ1v) is 13.7. The van der Waals surface area contributed by atoms with Crippen LogP contribution in [0.2, 0.25) is 0 Å². The summed E-state index contributed by atoms with van der Waals surface area (Å²) >= 11 is 1.65. The molecule has 2 aliphatic rings. The molecule has 0 radical (unpaired) electrons. The molecule has 1 saturated carbocycles. The third kappa shape index (κ3) is 4.83. The molecule has 4 aromatic rings. The first kappa shape index (κ1) is 23.4. The van der Waals surface area contributed by atoms with E-state index in [9.17, 15) is 5.11 Å². The molecule has 0 unspecified atom stereocenters. The number of fused-ring (bicyclic) bond motifs is 1. The van der Waals surface area contributed by atoms with Gasteiger partial charge in [-0.05, 0) is 24.0 Å². The van der Waals surface area contributed by atoms with Gasteiger partial charge in [0.1, 0.15) is 0 Å². The van der Waals surface area contributed by atoms with E-state index in [1.165, 1.54) is 11.1 Å². The molecule has 2 N–H and O–H groups in total. The van der Waals surface area contributed by atoms with Crippen LogP contribution in [0.15, 0.2) is 65.8 Å². The smallest absolute Gasteiger partial charge is 0.191 e. The zero-order valence-electron chi connectivity index (χ0n) is 20.4. The van der Waals surface area contributed by atoms with Crippen molar-refractivity contribution in [3.05, 3.63) is 71.8 Å². The predicted molar refractivity (Wildman–Crippen MR) is 142 cm³/mol. The van der Waals surface area contributed by atoms with Gasteiger partial charge < -0.3 is 10.4 Å². The van der Waals surface area contributed by atoms with Crippen molar-refractivity contribution in [2.75, 3.05) is 24.2 Å². The van der Waals surface area contributed by atoms with Crippen molar-refractivity contribution in [2.45, 2.75) is 55.6 Å². The molecule has 2 fully saturated rings. The van der Waals surface area contributed by atoms with E-state index >= 15 is 0 Å². The van der Waals surface area contributed by atoms with E-state index in [2.05, 4.69) is 69.9 Å². The monoisotopic (exact) mass is 501 g/mol. The lowest BCUT2D eigenvalue weighted by molar-refractivity contribution is 0.139. The number of hydrogen-bond acceptors (Lipinski definition) is 8. The maximum Gasteiger partial charge on any atom is 0.191 e. The summed E-state index contributed by atoms with van der Waals surface area (Å²) in [6.45, 7) is 4.23. The summed E-state index contributed by atoms with van der Waals surface area (Å²) in [6, 6.07) is 21.1. The second-order valence-corrected chi connectivity index (χ2v) is 10.8. The summed E-state index contributed by atoms with van der Waals surface area (Å²) in [5.41, 5.74) is 3.94. The van der Waals surface area contributed by atoms with E-state index < -0.39 is 6.10 Å². The molecular formula is C27H31N7OS. The van der Waals surface area contributed by atoms with E-state index in [1.54, 1.807) is 11.8 Å². The molecule has 1 saturated heterocycles. The van der Waals surface area contributed by atoms with Crippen LogP contribution in [0.5, 0.6) is 0 Å². The maximum absolute atomic E-state index is 11.0. The van der Waals surface area contributed by atoms with Gasteiger partial charge in [-0.15, -0.1) is 5.10 Å². The van der Waals surface area contributed by atoms with Crippen LogP contribution in [-0.2, 0) is 6.54 Å². The third-order valence-corrected chi connectivity index (χ3v) is 8.03. The fraction of sp³-hybridized carbons (Fsp3) is 0.407. The van der Waals surface area contributed by atoms with Crippen LogP contribution >= 0.6 is 11.8 Å². The number of aromatic nitrogens is 5. The summed E-state index contributed by atoms with van der Waals surface area (Å²) in [7, 11) is 0. The van der Waals surface area contributed by atoms with Gasteiger partial charge >= 0.3 is 0 Å². The third-order valence-electron chi connectivity index (χ3n) is 6.98. The number of anilines is 1. The van der Waals surface area contributed by atoms with Gasteiger partial charge in [0.2, 0.25) is 0 Å². The Bertz CT molecular complexity index is 1320. The average molecular weight is 502 g/mol. The summed E-state index contributed by atoms with van der Waals surface area (Å²) in [5, 5.41) is 24.3. The number of aliphatic hydroxyl groups excluding tert-OH is 1. The van der Waals surface area contributed by atoms with Gasteiger partial charge in [0.05, 0.1) is 12.1 Å². The van der Waals surface area contributed by atoms with Crippen LogP contribution in [0.3, 0.4) is 0 Å². The van der Waals surface area contributed by atoms with Gasteiger partial charge in [-0.2, -0.15) is 0 Å². The zero-order chi connectivity index (χ0) is 24.5. The van der Waals surface area contributed by atoms with Gasteiger partial charge in [0, 0.05) is 37.3 Å². The quantitative estimate of drug-likeness (QED) is 0.262. The van der Waals surface area contributed by atoms with Crippen molar-refractivity contribution >= 4 is 28.7 Å². The van der Waals surface area contributed by atoms with E-state index in [1.807, 2.05) is 22.9 Å². The molecule has 4 atom stereocenters. The fourth-order valence-electron chi connectivity index (χ4n) is 5.05. The van der Waals surface area contributed by atoms with E-state index in [4.69, 9.17) is 9.97 Å². The standard InChI is InChI=1S/C27H31N7OS/c1-2-13-36-27-29-25(28-21-14-20(21)19-11-7-4-8-12-19)24-26(30-27)34(32-31-24)22-16-33(17-23(22)35)15-18-9-5-3-6-10-18/h3-12,20-23,35H,2,13-17H2,1H3,(H,28,29,30)/t20-,21-,22-,23-/m0/s1. The van der Waals surface area contributed by atoms with Crippen LogP contribution in [0.4, 0.5) is 5.82 Å². The molecule has 36 heavy (non-hydrogen) atoms. The van der Waals surface area contributed by atoms with Crippen LogP contribution < -0.4 is 5.32 Å². The van der Waals surface area contributed by atoms with Crippen LogP contribution in [0, 0.1) is 0 Å². The van der Waals surface area contributed by atoms with Gasteiger partial charge in [0.25, 0.3) is 0 Å². The molecule has 2 aromatic carbocycles. The Balaban J connectivity index is 1.26. The second kappa shape index (κ2) is 10.2. The number of nitrogens with zero attached hydrogens (tertiary/aromatic N) is 6. The number of likely N-dealkylation sites (tertiary alicyclic amines) is 1. The first-order valence-electron chi connectivity index (χ1n) is 12.7. The summed E-state index contributed by atoms with van der Waals surface area (Å²) < 4.78 is 1.81. The maximum atomic E-state index is 11.0. The lowest BCUT2D eigenvalue weighted by atomic mass is 10.1. The van der Waals surface area contributed by atoms with E-state index in [0.29, 0.717) is 36.2 Å². The Kier molecular flexibility index (Phi) is 6.60. The zero-order valence-corrected chi connectivity index (χ0v) is 21.2. The molecule has 0 amide bonds. The van der Waals surface area contributed by atoms with Crippen molar-refractivity contribution < 1.29 is 5.11 Å². The topological polar surface area (TPSA) is 92.0 Å². The Morgan fingerprint density at radius 1 is 1.03 bits per heavy atom. The molecule has 2 aromatic heterocycles. The summed E-state index contributed by atoms with van der Waals surface area (Å²) in [4.78, 5) is 11.9. The second-order valence-electron chi connectivity index (χ2n) is 9.73. The molecule has 8 nitrogen and oxygen atoms in total. The molecule has 0 bridgehead atoms. The predicted octanol–water partition coefficient (Wildman–Crippen LogP) is 4.11. The summed E-state index contributed by atoms with van der Waals surface area (Å²) in [6.07, 6.45) is 1.57. The minimum Gasteiger partial charge on any atom is -0.389 e. The molecule has 6 rings (SSSR count). The lowest BCUT2D eigenvalue weighted by Crippen LogP contribution is -2.23. The van der Waals surface area contributed by atoms with Crippen LogP contribution in [0.25, 0.3) is 11.2 Å². The van der Waals surface area contributed by atoms with E-state index in [-0.39, 0.29) is 6.04 Å². The number of benzene rings is 2. The number of nitrogens with one attached hydrogen (secondary N) is 1. The largest absolute Gasteiger partial charge is 0.389 e.